The molecule has 15 heavy (non-hydrogen) atoms. The second-order valence-electron chi connectivity index (χ2n) is 4.20. The van der Waals surface area contributed by atoms with Crippen LogP contribution in [0.2, 0.25) is 0 Å². The molecule has 0 radical (unpaired) electrons. The van der Waals surface area contributed by atoms with E-state index in [1.807, 2.05) is 6.92 Å². The van der Waals surface area contributed by atoms with Gasteiger partial charge < -0.3 is 15.5 Å². The Morgan fingerprint density at radius 1 is 1.40 bits per heavy atom. The SMILES string of the molecule is CCCC(C)(O)CNC(=O)CCCCO. The molecule has 1 unspecified atom stereocenters. The second-order valence-corrected chi connectivity index (χ2v) is 4.20. The molecule has 0 aliphatic carbocycles. The Morgan fingerprint density at radius 2 is 2.07 bits per heavy atom. The summed E-state index contributed by atoms with van der Waals surface area (Å²) in [5.41, 5.74) is -0.804. The highest BCUT2D eigenvalue weighted by atomic mass is 16.3. The summed E-state index contributed by atoms with van der Waals surface area (Å²) >= 11 is 0. The number of carbonyl (C=O) groups is 1. The molecule has 0 aliphatic heterocycles. The van der Waals surface area contributed by atoms with E-state index in [2.05, 4.69) is 5.32 Å². The summed E-state index contributed by atoms with van der Waals surface area (Å²) in [6.07, 6.45) is 3.34. The molecule has 4 nitrogen and oxygen atoms in total. The highest BCUT2D eigenvalue weighted by Crippen LogP contribution is 2.10. The van der Waals surface area contributed by atoms with E-state index in [9.17, 15) is 9.90 Å². The molecule has 0 heterocycles. The van der Waals surface area contributed by atoms with E-state index >= 15 is 0 Å². The van der Waals surface area contributed by atoms with Crippen molar-refractivity contribution >= 4 is 5.91 Å². The fourth-order valence-corrected chi connectivity index (χ4v) is 1.40. The van der Waals surface area contributed by atoms with Gasteiger partial charge in [-0.25, -0.2) is 0 Å². The van der Waals surface area contributed by atoms with E-state index in [1.54, 1.807) is 6.92 Å². The number of hydrogen-bond donors (Lipinski definition) is 3. The third kappa shape index (κ3) is 8.39. The molecule has 0 aromatic carbocycles. The summed E-state index contributed by atoms with van der Waals surface area (Å²) in [6, 6.07) is 0. The van der Waals surface area contributed by atoms with E-state index in [4.69, 9.17) is 5.11 Å². The van der Waals surface area contributed by atoms with Crippen LogP contribution in [0.4, 0.5) is 0 Å². The minimum atomic E-state index is -0.804. The molecule has 0 rings (SSSR count). The van der Waals surface area contributed by atoms with Crippen LogP contribution in [0, 0.1) is 0 Å². The number of nitrogens with one attached hydrogen (secondary N) is 1. The lowest BCUT2D eigenvalue weighted by Crippen LogP contribution is -2.40. The van der Waals surface area contributed by atoms with Crippen LogP contribution in [0.15, 0.2) is 0 Å². The molecule has 4 heteroatoms. The highest BCUT2D eigenvalue weighted by molar-refractivity contribution is 5.75. The Balaban J connectivity index is 3.60. The monoisotopic (exact) mass is 217 g/mol. The van der Waals surface area contributed by atoms with E-state index in [-0.39, 0.29) is 12.5 Å². The van der Waals surface area contributed by atoms with Crippen molar-refractivity contribution in [3.63, 3.8) is 0 Å². The third-order valence-corrected chi connectivity index (χ3v) is 2.27. The van der Waals surface area contributed by atoms with Gasteiger partial charge in [-0.2, -0.15) is 0 Å². The van der Waals surface area contributed by atoms with Gasteiger partial charge in [-0.1, -0.05) is 13.3 Å². The first kappa shape index (κ1) is 14.4. The van der Waals surface area contributed by atoms with Crippen molar-refractivity contribution in [2.45, 2.75) is 51.6 Å². The van der Waals surface area contributed by atoms with Crippen LogP contribution in [0.3, 0.4) is 0 Å². The molecule has 90 valence electrons. The van der Waals surface area contributed by atoms with Gasteiger partial charge in [-0.3, -0.25) is 4.79 Å². The van der Waals surface area contributed by atoms with Crippen LogP contribution in [-0.4, -0.2) is 34.9 Å². The van der Waals surface area contributed by atoms with Gasteiger partial charge in [0.1, 0.15) is 0 Å². The summed E-state index contributed by atoms with van der Waals surface area (Å²) in [6.45, 7) is 4.15. The standard InChI is InChI=1S/C11H23NO3/c1-3-7-11(2,15)9-12-10(14)6-4-5-8-13/h13,15H,3-9H2,1-2H3,(H,12,14). The number of aliphatic hydroxyl groups is 2. The van der Waals surface area contributed by atoms with Gasteiger partial charge >= 0.3 is 0 Å². The maximum absolute atomic E-state index is 11.3. The van der Waals surface area contributed by atoms with E-state index in [0.29, 0.717) is 32.2 Å². The zero-order valence-electron chi connectivity index (χ0n) is 9.75. The summed E-state index contributed by atoms with van der Waals surface area (Å²) in [5, 5.41) is 21.0. The number of rotatable bonds is 8. The van der Waals surface area contributed by atoms with Crippen molar-refractivity contribution < 1.29 is 15.0 Å². The first-order valence-electron chi connectivity index (χ1n) is 5.62. The smallest absolute Gasteiger partial charge is 0.220 e. The highest BCUT2D eigenvalue weighted by Gasteiger charge is 2.19. The normalized spacial score (nSPS) is 14.7. The topological polar surface area (TPSA) is 69.6 Å². The van der Waals surface area contributed by atoms with Crippen molar-refractivity contribution in [1.82, 2.24) is 5.32 Å². The van der Waals surface area contributed by atoms with Crippen LogP contribution < -0.4 is 5.32 Å². The number of amides is 1. The average molecular weight is 217 g/mol. The van der Waals surface area contributed by atoms with Crippen molar-refractivity contribution in [2.24, 2.45) is 0 Å². The first-order valence-corrected chi connectivity index (χ1v) is 5.62. The number of aliphatic hydroxyl groups excluding tert-OH is 1. The van der Waals surface area contributed by atoms with Gasteiger partial charge in [0.25, 0.3) is 0 Å². The summed E-state index contributed by atoms with van der Waals surface area (Å²) in [7, 11) is 0. The van der Waals surface area contributed by atoms with E-state index < -0.39 is 5.60 Å². The molecular weight excluding hydrogens is 194 g/mol. The average Bonchev–Trinajstić information content (AvgIpc) is 2.15. The van der Waals surface area contributed by atoms with Gasteiger partial charge in [0.15, 0.2) is 0 Å². The fourth-order valence-electron chi connectivity index (χ4n) is 1.40. The zero-order valence-corrected chi connectivity index (χ0v) is 9.75. The molecule has 0 aliphatic rings. The molecule has 0 bridgehead atoms. The molecular formula is C11H23NO3. The van der Waals surface area contributed by atoms with Crippen molar-refractivity contribution in [3.8, 4) is 0 Å². The minimum Gasteiger partial charge on any atom is -0.396 e. The van der Waals surface area contributed by atoms with Crippen molar-refractivity contribution in [2.75, 3.05) is 13.2 Å². The molecule has 0 saturated carbocycles. The molecule has 0 spiro atoms. The maximum Gasteiger partial charge on any atom is 0.220 e. The lowest BCUT2D eigenvalue weighted by Gasteiger charge is -2.22. The van der Waals surface area contributed by atoms with E-state index in [1.165, 1.54) is 0 Å². The van der Waals surface area contributed by atoms with Crippen molar-refractivity contribution in [3.05, 3.63) is 0 Å². The number of carbonyl (C=O) groups excluding carboxylic acids is 1. The largest absolute Gasteiger partial charge is 0.396 e. The third-order valence-electron chi connectivity index (χ3n) is 2.27. The van der Waals surface area contributed by atoms with Gasteiger partial charge in [0, 0.05) is 19.6 Å². The molecule has 1 amide bonds. The zero-order chi connectivity index (χ0) is 11.7. The summed E-state index contributed by atoms with van der Waals surface area (Å²) in [4.78, 5) is 11.3. The molecule has 0 aromatic heterocycles. The van der Waals surface area contributed by atoms with Gasteiger partial charge in [-0.05, 0) is 26.2 Å². The van der Waals surface area contributed by atoms with Gasteiger partial charge in [-0.15, -0.1) is 0 Å². The Morgan fingerprint density at radius 3 is 2.60 bits per heavy atom. The fraction of sp³-hybridized carbons (Fsp3) is 0.909. The lowest BCUT2D eigenvalue weighted by molar-refractivity contribution is -0.122. The quantitative estimate of drug-likeness (QED) is 0.527. The van der Waals surface area contributed by atoms with Crippen LogP contribution in [0.1, 0.15) is 46.0 Å². The Labute approximate surface area is 91.7 Å². The molecule has 0 fully saturated rings. The van der Waals surface area contributed by atoms with Crippen LogP contribution in [0.5, 0.6) is 0 Å². The van der Waals surface area contributed by atoms with Crippen LogP contribution >= 0.6 is 0 Å². The first-order chi connectivity index (χ1) is 7.02. The van der Waals surface area contributed by atoms with E-state index in [0.717, 1.165) is 6.42 Å². The summed E-state index contributed by atoms with van der Waals surface area (Å²) < 4.78 is 0. The second kappa shape index (κ2) is 7.65. The Bertz CT molecular complexity index is 181. The van der Waals surface area contributed by atoms with Crippen molar-refractivity contribution in [1.29, 1.82) is 0 Å². The van der Waals surface area contributed by atoms with Crippen LogP contribution in [0.25, 0.3) is 0 Å². The van der Waals surface area contributed by atoms with Crippen LogP contribution in [-0.2, 0) is 4.79 Å². The Hall–Kier alpha value is -0.610. The summed E-state index contributed by atoms with van der Waals surface area (Å²) in [5.74, 6) is -0.0557. The predicted molar refractivity (Wildman–Crippen MR) is 59.5 cm³/mol. The minimum absolute atomic E-state index is 0.0557. The maximum atomic E-state index is 11.3. The molecule has 0 aromatic rings. The molecule has 1 atom stereocenters. The van der Waals surface area contributed by atoms with Gasteiger partial charge in [0.2, 0.25) is 5.91 Å². The predicted octanol–water partition coefficient (Wildman–Crippen LogP) is 0.816. The number of unbranched alkanes of at least 4 members (excludes halogenated alkanes) is 1. The lowest BCUT2D eigenvalue weighted by atomic mass is 10.0. The molecule has 3 N–H and O–H groups in total. The molecule has 0 saturated heterocycles. The van der Waals surface area contributed by atoms with Gasteiger partial charge in [0.05, 0.1) is 5.60 Å². The Kier molecular flexibility index (Phi) is 7.34. The number of hydrogen-bond acceptors (Lipinski definition) is 3.